The molecule has 0 heterocycles. The molecule has 2 aromatic rings. The number of ether oxygens (including phenoxy) is 2. The number of amides is 2. The maximum absolute atomic E-state index is 12.1. The molecule has 0 bridgehead atoms. The molecule has 0 saturated carbocycles. The third-order valence-electron chi connectivity index (χ3n) is 4.33. The first-order valence-electron chi connectivity index (χ1n) is 9.20. The van der Waals surface area contributed by atoms with Gasteiger partial charge in [0.25, 0.3) is 11.8 Å². The van der Waals surface area contributed by atoms with Crippen LogP contribution in [0.3, 0.4) is 0 Å². The zero-order valence-corrected chi connectivity index (χ0v) is 17.5. The van der Waals surface area contributed by atoms with Crippen LogP contribution in [-0.4, -0.2) is 30.6 Å². The molecule has 0 radical (unpaired) electrons. The van der Waals surface area contributed by atoms with Crippen LogP contribution in [0.2, 0.25) is 0 Å². The summed E-state index contributed by atoms with van der Waals surface area (Å²) in [5, 5.41) is 2.44. The average Bonchev–Trinajstić information content (AvgIpc) is 2.76. The highest BCUT2D eigenvalue weighted by atomic mass is 32.1. The summed E-state index contributed by atoms with van der Waals surface area (Å²) in [7, 11) is 1.54. The number of thiocarbonyl (C=S) groups is 1. The zero-order valence-electron chi connectivity index (χ0n) is 16.7. The first-order valence-corrected chi connectivity index (χ1v) is 9.60. The van der Waals surface area contributed by atoms with Crippen LogP contribution in [0, 0.1) is 0 Å². The zero-order chi connectivity index (χ0) is 21.2. The first-order chi connectivity index (χ1) is 13.9. The number of carbonyl (C=O) groups is 2. The van der Waals surface area contributed by atoms with Crippen molar-refractivity contribution >= 4 is 29.1 Å². The molecule has 0 aliphatic rings. The molecule has 0 spiro atoms. The van der Waals surface area contributed by atoms with E-state index in [1.54, 1.807) is 31.4 Å². The molecule has 0 aliphatic carbocycles. The van der Waals surface area contributed by atoms with Crippen LogP contribution in [0.25, 0.3) is 0 Å². The Balaban J connectivity index is 1.72. The van der Waals surface area contributed by atoms with Gasteiger partial charge in [0.2, 0.25) is 0 Å². The van der Waals surface area contributed by atoms with Crippen LogP contribution in [-0.2, 0) is 4.79 Å². The van der Waals surface area contributed by atoms with Gasteiger partial charge in [-0.05, 0) is 66.5 Å². The molecule has 1 atom stereocenters. The van der Waals surface area contributed by atoms with E-state index in [4.69, 9.17) is 21.7 Å². The van der Waals surface area contributed by atoms with Crippen LogP contribution in [0.4, 0.5) is 0 Å². The molecule has 0 aromatic heterocycles. The molecule has 29 heavy (non-hydrogen) atoms. The third-order valence-corrected chi connectivity index (χ3v) is 4.53. The van der Waals surface area contributed by atoms with Gasteiger partial charge in [-0.3, -0.25) is 25.8 Å². The number of hydrogen-bond donors (Lipinski definition) is 3. The molecule has 1 unspecified atom stereocenters. The monoisotopic (exact) mass is 415 g/mol. The second kappa shape index (κ2) is 11.0. The third kappa shape index (κ3) is 7.08. The van der Waals surface area contributed by atoms with E-state index < -0.39 is 11.8 Å². The second-order valence-corrected chi connectivity index (χ2v) is 6.76. The normalized spacial score (nSPS) is 11.1. The van der Waals surface area contributed by atoms with Gasteiger partial charge in [-0.25, -0.2) is 0 Å². The standard InChI is InChI=1S/C21H25N3O4S/c1-4-14(2)15-5-11-18(12-6-15)28-13-19(25)23-24-21(29)22-20(26)16-7-9-17(27-3)10-8-16/h5-12,14H,4,13H2,1-3H3,(H,23,25)(H2,22,24,26,29). The Morgan fingerprint density at radius 2 is 1.62 bits per heavy atom. The number of methoxy groups -OCH3 is 1. The Hall–Kier alpha value is -3.13. The fourth-order valence-electron chi connectivity index (χ4n) is 2.39. The molecule has 2 rings (SSSR count). The Labute approximate surface area is 175 Å². The van der Waals surface area contributed by atoms with Crippen molar-refractivity contribution < 1.29 is 19.1 Å². The molecule has 7 nitrogen and oxygen atoms in total. The maximum atomic E-state index is 12.1. The Morgan fingerprint density at radius 1 is 1.00 bits per heavy atom. The minimum atomic E-state index is -0.433. The first kappa shape index (κ1) is 22.2. The predicted octanol–water partition coefficient (Wildman–Crippen LogP) is 2.92. The van der Waals surface area contributed by atoms with Crippen LogP contribution in [0.5, 0.6) is 11.5 Å². The fraction of sp³-hybridized carbons (Fsp3) is 0.286. The Bertz CT molecular complexity index is 838. The molecule has 8 heteroatoms. The van der Waals surface area contributed by atoms with E-state index in [-0.39, 0.29) is 11.7 Å². The van der Waals surface area contributed by atoms with E-state index in [1.807, 2.05) is 24.3 Å². The van der Waals surface area contributed by atoms with Gasteiger partial charge in [0, 0.05) is 5.56 Å². The lowest BCUT2D eigenvalue weighted by molar-refractivity contribution is -0.123. The van der Waals surface area contributed by atoms with Crippen molar-refractivity contribution in [1.82, 2.24) is 16.2 Å². The minimum Gasteiger partial charge on any atom is -0.497 e. The van der Waals surface area contributed by atoms with Crippen molar-refractivity contribution in [2.45, 2.75) is 26.2 Å². The average molecular weight is 416 g/mol. The molecular formula is C21H25N3O4S. The van der Waals surface area contributed by atoms with E-state index >= 15 is 0 Å². The van der Waals surface area contributed by atoms with E-state index in [1.165, 1.54) is 5.56 Å². The summed E-state index contributed by atoms with van der Waals surface area (Å²) in [5.74, 6) is 0.881. The lowest BCUT2D eigenvalue weighted by Gasteiger charge is -2.12. The summed E-state index contributed by atoms with van der Waals surface area (Å²) in [6, 6.07) is 14.2. The Kier molecular flexibility index (Phi) is 8.42. The number of nitrogens with one attached hydrogen (secondary N) is 3. The summed E-state index contributed by atoms with van der Waals surface area (Å²) >= 11 is 5.00. The Morgan fingerprint density at radius 3 is 2.21 bits per heavy atom. The fourth-order valence-corrected chi connectivity index (χ4v) is 2.53. The molecule has 0 aliphatic heterocycles. The number of rotatable bonds is 7. The number of hydrazine groups is 1. The second-order valence-electron chi connectivity index (χ2n) is 6.35. The largest absolute Gasteiger partial charge is 0.497 e. The van der Waals surface area contributed by atoms with Gasteiger partial charge < -0.3 is 9.47 Å². The van der Waals surface area contributed by atoms with Gasteiger partial charge in [-0.15, -0.1) is 0 Å². The van der Waals surface area contributed by atoms with E-state index in [9.17, 15) is 9.59 Å². The predicted molar refractivity (Wildman–Crippen MR) is 115 cm³/mol. The molecule has 3 N–H and O–H groups in total. The van der Waals surface area contributed by atoms with Gasteiger partial charge in [-0.2, -0.15) is 0 Å². The van der Waals surface area contributed by atoms with Gasteiger partial charge >= 0.3 is 0 Å². The number of benzene rings is 2. The lowest BCUT2D eigenvalue weighted by atomic mass is 9.99. The quantitative estimate of drug-likeness (QED) is 0.476. The highest BCUT2D eigenvalue weighted by Gasteiger charge is 2.09. The molecular weight excluding hydrogens is 390 g/mol. The molecule has 0 saturated heterocycles. The number of hydrogen-bond acceptors (Lipinski definition) is 5. The molecule has 2 amide bonds. The van der Waals surface area contributed by atoms with Gasteiger partial charge in [0.15, 0.2) is 11.7 Å². The highest BCUT2D eigenvalue weighted by molar-refractivity contribution is 7.80. The molecule has 2 aromatic carbocycles. The van der Waals surface area contributed by atoms with Crippen molar-refractivity contribution in [2.24, 2.45) is 0 Å². The minimum absolute atomic E-state index is 0.0305. The van der Waals surface area contributed by atoms with Crippen molar-refractivity contribution in [3.05, 3.63) is 59.7 Å². The maximum Gasteiger partial charge on any atom is 0.276 e. The van der Waals surface area contributed by atoms with Crippen LogP contribution >= 0.6 is 12.2 Å². The molecule has 0 fully saturated rings. The summed E-state index contributed by atoms with van der Waals surface area (Å²) in [6.07, 6.45) is 1.06. The van der Waals surface area contributed by atoms with Crippen LogP contribution in [0.1, 0.15) is 42.1 Å². The summed E-state index contributed by atoms with van der Waals surface area (Å²) in [4.78, 5) is 24.0. The van der Waals surface area contributed by atoms with Gasteiger partial charge in [0.1, 0.15) is 11.5 Å². The summed E-state index contributed by atoms with van der Waals surface area (Å²) in [6.45, 7) is 4.10. The molecule has 154 valence electrons. The van der Waals surface area contributed by atoms with Crippen LogP contribution in [0.15, 0.2) is 48.5 Å². The SMILES string of the molecule is CCC(C)c1ccc(OCC(=O)NNC(=S)NC(=O)c2ccc(OC)cc2)cc1. The smallest absolute Gasteiger partial charge is 0.276 e. The van der Waals surface area contributed by atoms with E-state index in [2.05, 4.69) is 30.0 Å². The number of carbonyl (C=O) groups excluding carboxylic acids is 2. The van der Waals surface area contributed by atoms with Crippen molar-refractivity contribution in [2.75, 3.05) is 13.7 Å². The van der Waals surface area contributed by atoms with E-state index in [0.29, 0.717) is 23.0 Å². The topological polar surface area (TPSA) is 88.7 Å². The van der Waals surface area contributed by atoms with Gasteiger partial charge in [0.05, 0.1) is 7.11 Å². The lowest BCUT2D eigenvalue weighted by Crippen LogP contribution is -2.49. The van der Waals surface area contributed by atoms with Crippen molar-refractivity contribution in [3.63, 3.8) is 0 Å². The van der Waals surface area contributed by atoms with Crippen molar-refractivity contribution in [1.29, 1.82) is 0 Å². The summed E-state index contributed by atoms with van der Waals surface area (Å²) < 4.78 is 10.5. The van der Waals surface area contributed by atoms with Crippen LogP contribution < -0.4 is 25.6 Å². The van der Waals surface area contributed by atoms with E-state index in [0.717, 1.165) is 6.42 Å². The highest BCUT2D eigenvalue weighted by Crippen LogP contribution is 2.21. The summed E-state index contributed by atoms with van der Waals surface area (Å²) in [5.41, 5.74) is 6.48. The van der Waals surface area contributed by atoms with Crippen molar-refractivity contribution in [3.8, 4) is 11.5 Å². The van der Waals surface area contributed by atoms with Gasteiger partial charge in [-0.1, -0.05) is 26.0 Å².